The summed E-state index contributed by atoms with van der Waals surface area (Å²) in [5, 5.41) is 1.25. The van der Waals surface area contributed by atoms with Crippen molar-refractivity contribution in [3.63, 3.8) is 0 Å². The normalized spacial score (nSPS) is 23.0. The third-order valence-electron chi connectivity index (χ3n) is 5.95. The van der Waals surface area contributed by atoms with Crippen LogP contribution in [0, 0.1) is 12.8 Å². The number of hydrogen-bond acceptors (Lipinski definition) is 3. The van der Waals surface area contributed by atoms with Crippen LogP contribution in [0.15, 0.2) is 29.3 Å². The highest BCUT2D eigenvalue weighted by molar-refractivity contribution is 6.03. The number of benzene rings is 1. The number of nitrogens with zero attached hydrogens (tertiary/aromatic N) is 3. The summed E-state index contributed by atoms with van der Waals surface area (Å²) in [7, 11) is 2.22. The molecule has 1 aromatic heterocycles. The van der Waals surface area contributed by atoms with Crippen molar-refractivity contribution in [3.8, 4) is 0 Å². The Morgan fingerprint density at radius 1 is 1.08 bits per heavy atom. The molecule has 0 saturated carbocycles. The fourth-order valence-corrected chi connectivity index (χ4v) is 4.22. The van der Waals surface area contributed by atoms with Crippen LogP contribution in [0.1, 0.15) is 55.3 Å². The monoisotopic (exact) mass is 335 g/mol. The predicted molar refractivity (Wildman–Crippen MR) is 106 cm³/mol. The van der Waals surface area contributed by atoms with Crippen LogP contribution in [0.5, 0.6) is 0 Å². The fraction of sp³-hybridized carbons (Fsp3) is 0.545. The number of aryl methyl sites for hydroxylation is 1. The summed E-state index contributed by atoms with van der Waals surface area (Å²) in [4.78, 5) is 12.4. The van der Waals surface area contributed by atoms with Crippen LogP contribution in [0.25, 0.3) is 10.9 Å². The quantitative estimate of drug-likeness (QED) is 0.804. The smallest absolute Gasteiger partial charge is 0.0712 e. The molecule has 0 N–H and O–H groups in total. The van der Waals surface area contributed by atoms with E-state index in [0.29, 0.717) is 5.92 Å². The molecule has 132 valence electrons. The predicted octanol–water partition coefficient (Wildman–Crippen LogP) is 4.57. The van der Waals surface area contributed by atoms with E-state index in [1.54, 1.807) is 0 Å². The average Bonchev–Trinajstić information content (AvgIpc) is 2.62. The zero-order chi connectivity index (χ0) is 17.4. The summed E-state index contributed by atoms with van der Waals surface area (Å²) in [5.41, 5.74) is 6.34. The van der Waals surface area contributed by atoms with Gasteiger partial charge in [-0.25, -0.2) is 0 Å². The molecule has 4 rings (SSSR count). The van der Waals surface area contributed by atoms with Crippen LogP contribution in [0.3, 0.4) is 0 Å². The van der Waals surface area contributed by atoms with Crippen molar-refractivity contribution in [3.05, 3.63) is 41.1 Å². The van der Waals surface area contributed by atoms with Crippen molar-refractivity contribution in [2.75, 3.05) is 26.7 Å². The lowest BCUT2D eigenvalue weighted by Crippen LogP contribution is -2.29. The van der Waals surface area contributed by atoms with Gasteiger partial charge in [-0.05, 0) is 81.9 Å². The Bertz CT molecular complexity index is 800. The maximum Gasteiger partial charge on any atom is 0.0712 e. The van der Waals surface area contributed by atoms with E-state index in [9.17, 15) is 0 Å². The van der Waals surface area contributed by atoms with Gasteiger partial charge in [-0.2, -0.15) is 0 Å². The van der Waals surface area contributed by atoms with E-state index in [2.05, 4.69) is 50.1 Å². The second-order valence-electron chi connectivity index (χ2n) is 8.11. The van der Waals surface area contributed by atoms with E-state index >= 15 is 0 Å². The molecule has 0 aliphatic carbocycles. The standard InChI is InChI=1S/C22H29N3/c1-15-4-7-20(23-14-15)19-6-5-18-12-16(2)22(24-21(18)13-19)17-8-10-25(3)11-9-17/h5-6,12-13,15,17H,4,7-11,14H2,1-3H3. The van der Waals surface area contributed by atoms with Gasteiger partial charge in [0.05, 0.1) is 5.52 Å². The Hall–Kier alpha value is -1.74. The molecule has 0 bridgehead atoms. The van der Waals surface area contributed by atoms with E-state index < -0.39 is 0 Å². The van der Waals surface area contributed by atoms with Gasteiger partial charge in [0.25, 0.3) is 0 Å². The Morgan fingerprint density at radius 2 is 1.88 bits per heavy atom. The van der Waals surface area contributed by atoms with Gasteiger partial charge in [-0.15, -0.1) is 0 Å². The first kappa shape index (κ1) is 16.7. The van der Waals surface area contributed by atoms with Gasteiger partial charge in [0, 0.05) is 29.3 Å². The summed E-state index contributed by atoms with van der Waals surface area (Å²) in [6.45, 7) is 7.84. The lowest BCUT2D eigenvalue weighted by atomic mass is 9.90. The zero-order valence-electron chi connectivity index (χ0n) is 15.8. The first-order valence-corrected chi connectivity index (χ1v) is 9.73. The minimum Gasteiger partial charge on any atom is -0.306 e. The number of likely N-dealkylation sites (tertiary alicyclic amines) is 1. The van der Waals surface area contributed by atoms with Crippen molar-refractivity contribution >= 4 is 16.6 Å². The number of piperidine rings is 1. The molecular weight excluding hydrogens is 306 g/mol. The zero-order valence-corrected chi connectivity index (χ0v) is 15.8. The second-order valence-corrected chi connectivity index (χ2v) is 8.11. The van der Waals surface area contributed by atoms with Crippen LogP contribution in [-0.4, -0.2) is 42.3 Å². The van der Waals surface area contributed by atoms with E-state index in [4.69, 9.17) is 9.98 Å². The minimum absolute atomic E-state index is 0.608. The first-order chi connectivity index (χ1) is 12.1. The number of rotatable bonds is 2. The van der Waals surface area contributed by atoms with Crippen molar-refractivity contribution in [1.29, 1.82) is 0 Å². The second kappa shape index (κ2) is 6.87. The lowest BCUT2D eigenvalue weighted by molar-refractivity contribution is 0.253. The molecule has 0 spiro atoms. The SMILES string of the molecule is Cc1cc2ccc(C3=NCC(C)CC3)cc2nc1C1CCN(C)CC1. The van der Waals surface area contributed by atoms with E-state index in [-0.39, 0.29) is 0 Å². The van der Waals surface area contributed by atoms with Gasteiger partial charge >= 0.3 is 0 Å². The van der Waals surface area contributed by atoms with Crippen molar-refractivity contribution in [2.24, 2.45) is 10.9 Å². The number of fused-ring (bicyclic) bond motifs is 1. The van der Waals surface area contributed by atoms with E-state index in [1.807, 2.05) is 0 Å². The lowest BCUT2D eigenvalue weighted by Gasteiger charge is -2.29. The topological polar surface area (TPSA) is 28.5 Å². The molecule has 3 heterocycles. The van der Waals surface area contributed by atoms with Crippen LogP contribution >= 0.6 is 0 Å². The Labute approximate surface area is 151 Å². The van der Waals surface area contributed by atoms with E-state index in [1.165, 1.54) is 60.3 Å². The Morgan fingerprint density at radius 3 is 2.60 bits per heavy atom. The molecule has 2 aliphatic heterocycles. The third kappa shape index (κ3) is 3.48. The largest absolute Gasteiger partial charge is 0.306 e. The minimum atomic E-state index is 0.608. The molecule has 1 fully saturated rings. The van der Waals surface area contributed by atoms with Gasteiger partial charge in [0.2, 0.25) is 0 Å². The summed E-state index contributed by atoms with van der Waals surface area (Å²) < 4.78 is 0. The van der Waals surface area contributed by atoms with Gasteiger partial charge in [-0.3, -0.25) is 9.98 Å². The fourth-order valence-electron chi connectivity index (χ4n) is 4.22. The number of aromatic nitrogens is 1. The summed E-state index contributed by atoms with van der Waals surface area (Å²) in [6.07, 6.45) is 4.79. The van der Waals surface area contributed by atoms with Crippen LogP contribution < -0.4 is 0 Å². The molecule has 0 amide bonds. The van der Waals surface area contributed by atoms with Gasteiger partial charge < -0.3 is 4.90 Å². The molecule has 0 radical (unpaired) electrons. The van der Waals surface area contributed by atoms with Crippen LogP contribution in [-0.2, 0) is 0 Å². The maximum atomic E-state index is 5.12. The highest BCUT2D eigenvalue weighted by atomic mass is 15.1. The highest BCUT2D eigenvalue weighted by Crippen LogP contribution is 2.31. The Kier molecular flexibility index (Phi) is 4.60. The van der Waals surface area contributed by atoms with Crippen molar-refractivity contribution in [1.82, 2.24) is 9.88 Å². The van der Waals surface area contributed by atoms with Crippen molar-refractivity contribution < 1.29 is 0 Å². The molecule has 1 unspecified atom stereocenters. The summed E-state index contributed by atoms with van der Waals surface area (Å²) >= 11 is 0. The molecule has 2 aliphatic rings. The molecule has 25 heavy (non-hydrogen) atoms. The van der Waals surface area contributed by atoms with Crippen LogP contribution in [0.2, 0.25) is 0 Å². The summed E-state index contributed by atoms with van der Waals surface area (Å²) in [5.74, 6) is 1.33. The molecule has 2 aromatic rings. The van der Waals surface area contributed by atoms with Crippen molar-refractivity contribution in [2.45, 2.75) is 45.4 Å². The molecule has 1 aromatic carbocycles. The van der Waals surface area contributed by atoms with Crippen LogP contribution in [0.4, 0.5) is 0 Å². The molecule has 1 saturated heterocycles. The van der Waals surface area contributed by atoms with E-state index in [0.717, 1.165) is 24.4 Å². The highest BCUT2D eigenvalue weighted by Gasteiger charge is 2.22. The van der Waals surface area contributed by atoms with Gasteiger partial charge in [0.1, 0.15) is 0 Å². The molecular formula is C22H29N3. The number of pyridine rings is 1. The third-order valence-corrected chi connectivity index (χ3v) is 5.95. The molecule has 3 heteroatoms. The van der Waals surface area contributed by atoms with Gasteiger partial charge in [0.15, 0.2) is 0 Å². The summed E-state index contributed by atoms with van der Waals surface area (Å²) in [6, 6.07) is 9.05. The maximum absolute atomic E-state index is 5.12. The van der Waals surface area contributed by atoms with Gasteiger partial charge in [-0.1, -0.05) is 19.1 Å². The first-order valence-electron chi connectivity index (χ1n) is 9.73. The molecule has 3 nitrogen and oxygen atoms in total. The average molecular weight is 335 g/mol. The number of aliphatic imine (C=N–C) groups is 1. The molecule has 1 atom stereocenters. The number of hydrogen-bond donors (Lipinski definition) is 0. The Balaban J connectivity index is 1.68.